The van der Waals surface area contributed by atoms with Gasteiger partial charge in [-0.2, -0.15) is 0 Å². The van der Waals surface area contributed by atoms with E-state index < -0.39 is 5.41 Å². The molecular formula is C59H37N5O. The molecule has 2 aromatic heterocycles. The van der Waals surface area contributed by atoms with E-state index in [1.165, 1.54) is 44.5 Å². The maximum atomic E-state index is 6.09. The molecule has 0 N–H and O–H groups in total. The molecular weight excluding hydrogens is 795 g/mol. The van der Waals surface area contributed by atoms with Gasteiger partial charge in [0.15, 0.2) is 0 Å². The number of para-hydroxylation sites is 3. The second-order valence-electron chi connectivity index (χ2n) is 16.6. The van der Waals surface area contributed by atoms with Gasteiger partial charge in [0.25, 0.3) is 0 Å². The van der Waals surface area contributed by atoms with Gasteiger partial charge in [0, 0.05) is 39.3 Å². The molecule has 0 aliphatic heterocycles. The standard InChI is InChI=1S/C59H37N5O/c1-3-15-39(16-4-1)57-62-63-58(65-57)40-29-34-44(35-30-40)64(42-17-5-2-6-18-42)43-32-27-38(28-33-43)55-56(61-54-26-14-13-25-53(54)60-55)41-31-36-48-47-21-9-12-24-51(47)59(52(48)37-41)49-22-10-7-19-45(49)46-20-8-11-23-50(46)59/h1-37H. The van der Waals surface area contributed by atoms with Crippen LogP contribution in [0.3, 0.4) is 0 Å². The van der Waals surface area contributed by atoms with Crippen LogP contribution in [0.2, 0.25) is 0 Å². The fourth-order valence-corrected chi connectivity index (χ4v) is 10.2. The number of rotatable bonds is 7. The molecule has 9 aromatic carbocycles. The highest BCUT2D eigenvalue weighted by molar-refractivity contribution is 5.97. The Kier molecular flexibility index (Phi) is 8.33. The Bertz CT molecular complexity index is 3540. The molecule has 2 heterocycles. The zero-order valence-electron chi connectivity index (χ0n) is 35.0. The molecule has 6 nitrogen and oxygen atoms in total. The van der Waals surface area contributed by atoms with E-state index in [1.54, 1.807) is 0 Å². The molecule has 0 saturated heterocycles. The van der Waals surface area contributed by atoms with Crippen molar-refractivity contribution in [3.05, 3.63) is 247 Å². The van der Waals surface area contributed by atoms with Gasteiger partial charge in [0.05, 0.1) is 27.8 Å². The largest absolute Gasteiger partial charge is 0.416 e. The molecule has 2 aliphatic carbocycles. The first kappa shape index (κ1) is 36.9. The summed E-state index contributed by atoms with van der Waals surface area (Å²) in [4.78, 5) is 13.0. The number of aromatic nitrogens is 4. The van der Waals surface area contributed by atoms with Gasteiger partial charge in [-0.25, -0.2) is 9.97 Å². The SMILES string of the molecule is c1ccc(-c2nnc(-c3ccc(N(c4ccccc4)c4ccc(-c5nc6ccccc6nc5-c5ccc6c(c5)C5(c7ccccc7-c7ccccc75)c5ccccc5-6)cc4)cc3)o2)cc1. The zero-order valence-corrected chi connectivity index (χ0v) is 35.0. The molecule has 0 atom stereocenters. The monoisotopic (exact) mass is 831 g/mol. The smallest absolute Gasteiger partial charge is 0.248 e. The molecule has 0 radical (unpaired) electrons. The Morgan fingerprint density at radius 2 is 0.723 bits per heavy atom. The summed E-state index contributed by atoms with van der Waals surface area (Å²) in [6, 6.07) is 79.0. The predicted molar refractivity (Wildman–Crippen MR) is 260 cm³/mol. The molecule has 0 amide bonds. The van der Waals surface area contributed by atoms with Crippen LogP contribution in [0.15, 0.2) is 229 Å². The molecule has 11 aromatic rings. The summed E-state index contributed by atoms with van der Waals surface area (Å²) in [5, 5.41) is 8.67. The van der Waals surface area contributed by atoms with Gasteiger partial charge in [-0.3, -0.25) is 0 Å². The Morgan fingerprint density at radius 3 is 1.28 bits per heavy atom. The minimum absolute atomic E-state index is 0.462. The van der Waals surface area contributed by atoms with Crippen LogP contribution in [0.5, 0.6) is 0 Å². The van der Waals surface area contributed by atoms with Crippen LogP contribution >= 0.6 is 0 Å². The second-order valence-corrected chi connectivity index (χ2v) is 16.6. The van der Waals surface area contributed by atoms with Crippen LogP contribution in [0.4, 0.5) is 17.1 Å². The van der Waals surface area contributed by atoms with Crippen LogP contribution in [-0.2, 0) is 5.41 Å². The van der Waals surface area contributed by atoms with Gasteiger partial charge in [-0.05, 0) is 123 Å². The maximum Gasteiger partial charge on any atom is 0.248 e. The molecule has 0 bridgehead atoms. The lowest BCUT2D eigenvalue weighted by molar-refractivity contribution is 0.584. The summed E-state index contributed by atoms with van der Waals surface area (Å²) in [6.45, 7) is 0. The molecule has 1 spiro atoms. The van der Waals surface area contributed by atoms with Crippen molar-refractivity contribution in [2.24, 2.45) is 0 Å². The van der Waals surface area contributed by atoms with E-state index in [2.05, 4.69) is 173 Å². The van der Waals surface area contributed by atoms with E-state index in [0.29, 0.717) is 11.8 Å². The van der Waals surface area contributed by atoms with E-state index in [4.69, 9.17) is 14.4 Å². The summed E-state index contributed by atoms with van der Waals surface area (Å²) >= 11 is 0. The Hall–Kier alpha value is -8.74. The summed E-state index contributed by atoms with van der Waals surface area (Å²) in [7, 11) is 0. The van der Waals surface area contributed by atoms with Crippen molar-refractivity contribution in [1.82, 2.24) is 20.2 Å². The second kappa shape index (κ2) is 14.7. The van der Waals surface area contributed by atoms with E-state index >= 15 is 0 Å². The number of nitrogens with zero attached hydrogens (tertiary/aromatic N) is 5. The highest BCUT2D eigenvalue weighted by atomic mass is 16.4. The normalized spacial score (nSPS) is 12.7. The third-order valence-corrected chi connectivity index (χ3v) is 13.1. The first-order valence-corrected chi connectivity index (χ1v) is 21.9. The Balaban J connectivity index is 0.919. The van der Waals surface area contributed by atoms with Crippen LogP contribution < -0.4 is 4.90 Å². The summed E-state index contributed by atoms with van der Waals surface area (Å²) in [6.07, 6.45) is 0. The van der Waals surface area contributed by atoms with Crippen LogP contribution in [0.25, 0.3) is 78.7 Å². The minimum atomic E-state index is -0.462. The van der Waals surface area contributed by atoms with Gasteiger partial charge >= 0.3 is 0 Å². The summed E-state index contributed by atoms with van der Waals surface area (Å²) in [5.41, 5.74) is 20.0. The molecule has 0 saturated carbocycles. The fourth-order valence-electron chi connectivity index (χ4n) is 10.2. The molecule has 6 heteroatoms. The van der Waals surface area contributed by atoms with Crippen molar-refractivity contribution in [2.75, 3.05) is 4.90 Å². The third kappa shape index (κ3) is 5.74. The quantitative estimate of drug-likeness (QED) is 0.159. The molecule has 2 aliphatic rings. The minimum Gasteiger partial charge on any atom is -0.416 e. The highest BCUT2D eigenvalue weighted by Crippen LogP contribution is 2.63. The molecule has 65 heavy (non-hydrogen) atoms. The van der Waals surface area contributed by atoms with E-state index in [9.17, 15) is 0 Å². The third-order valence-electron chi connectivity index (χ3n) is 13.1. The molecule has 0 unspecified atom stereocenters. The van der Waals surface area contributed by atoms with Crippen molar-refractivity contribution in [3.8, 4) is 67.7 Å². The predicted octanol–water partition coefficient (Wildman–Crippen LogP) is 14.5. The number of hydrogen-bond acceptors (Lipinski definition) is 6. The van der Waals surface area contributed by atoms with Crippen molar-refractivity contribution < 1.29 is 4.42 Å². The van der Waals surface area contributed by atoms with Gasteiger partial charge in [0.1, 0.15) is 0 Å². The first-order chi connectivity index (χ1) is 32.2. The molecule has 13 rings (SSSR count). The van der Waals surface area contributed by atoms with Crippen molar-refractivity contribution in [3.63, 3.8) is 0 Å². The molecule has 0 fully saturated rings. The summed E-state index contributed by atoms with van der Waals surface area (Å²) < 4.78 is 6.09. The maximum absolute atomic E-state index is 6.09. The Morgan fingerprint density at radius 1 is 0.323 bits per heavy atom. The van der Waals surface area contributed by atoms with Gasteiger partial charge < -0.3 is 9.32 Å². The van der Waals surface area contributed by atoms with Crippen molar-refractivity contribution in [1.29, 1.82) is 0 Å². The van der Waals surface area contributed by atoms with Crippen molar-refractivity contribution >= 4 is 28.1 Å². The van der Waals surface area contributed by atoms with E-state index in [1.807, 2.05) is 66.7 Å². The van der Waals surface area contributed by atoms with Crippen LogP contribution in [0.1, 0.15) is 22.3 Å². The lowest BCUT2D eigenvalue weighted by Crippen LogP contribution is -2.25. The lowest BCUT2D eigenvalue weighted by Gasteiger charge is -2.30. The number of fused-ring (bicyclic) bond motifs is 11. The van der Waals surface area contributed by atoms with Gasteiger partial charge in [-0.15, -0.1) is 10.2 Å². The number of hydrogen-bond donors (Lipinski definition) is 0. The lowest BCUT2D eigenvalue weighted by atomic mass is 9.70. The van der Waals surface area contributed by atoms with Gasteiger partial charge in [0.2, 0.25) is 11.8 Å². The van der Waals surface area contributed by atoms with E-state index in [0.717, 1.165) is 61.7 Å². The van der Waals surface area contributed by atoms with E-state index in [-0.39, 0.29) is 0 Å². The van der Waals surface area contributed by atoms with Crippen LogP contribution in [0, 0.1) is 0 Å². The number of benzene rings is 9. The fraction of sp³-hybridized carbons (Fsp3) is 0.0169. The average molecular weight is 832 g/mol. The van der Waals surface area contributed by atoms with Gasteiger partial charge in [-0.1, -0.05) is 146 Å². The zero-order chi connectivity index (χ0) is 42.9. The first-order valence-electron chi connectivity index (χ1n) is 21.9. The molecule has 304 valence electrons. The highest BCUT2D eigenvalue weighted by Gasteiger charge is 2.51. The van der Waals surface area contributed by atoms with Crippen LogP contribution in [-0.4, -0.2) is 20.2 Å². The summed E-state index contributed by atoms with van der Waals surface area (Å²) in [5.74, 6) is 0.963. The Labute approximate surface area is 375 Å². The van der Waals surface area contributed by atoms with Crippen molar-refractivity contribution in [2.45, 2.75) is 5.41 Å². The average Bonchev–Trinajstić information content (AvgIpc) is 4.08. The topological polar surface area (TPSA) is 67.9 Å². The number of anilines is 3.